The highest BCUT2D eigenvalue weighted by atomic mass is 35.5. The topological polar surface area (TPSA) is 29.9 Å². The summed E-state index contributed by atoms with van der Waals surface area (Å²) in [6.07, 6.45) is 3.81. The molecule has 0 saturated carbocycles. The first-order valence-corrected chi connectivity index (χ1v) is 6.03. The van der Waals surface area contributed by atoms with E-state index >= 15 is 0 Å². The van der Waals surface area contributed by atoms with Gasteiger partial charge in [-0.3, -0.25) is 0 Å². The molecule has 0 amide bonds. The van der Waals surface area contributed by atoms with Crippen LogP contribution >= 0.6 is 11.6 Å². The largest absolute Gasteiger partial charge is 0.383 e. The SMILES string of the molecule is Cc1c(Cl)cccc1NCCn1ccnc1C. The highest BCUT2D eigenvalue weighted by Crippen LogP contribution is 2.22. The molecule has 0 spiro atoms. The van der Waals surface area contributed by atoms with E-state index in [9.17, 15) is 0 Å². The van der Waals surface area contributed by atoms with Crippen molar-refractivity contribution in [2.45, 2.75) is 20.4 Å². The molecule has 0 atom stereocenters. The zero-order valence-corrected chi connectivity index (χ0v) is 10.8. The monoisotopic (exact) mass is 249 g/mol. The molecular weight excluding hydrogens is 234 g/mol. The maximum atomic E-state index is 6.06. The number of nitrogens with zero attached hydrogens (tertiary/aromatic N) is 2. The maximum Gasteiger partial charge on any atom is 0.105 e. The fourth-order valence-electron chi connectivity index (χ4n) is 1.75. The predicted molar refractivity (Wildman–Crippen MR) is 71.6 cm³/mol. The van der Waals surface area contributed by atoms with Crippen molar-refractivity contribution in [3.63, 3.8) is 0 Å². The molecule has 0 unspecified atom stereocenters. The summed E-state index contributed by atoms with van der Waals surface area (Å²) in [4.78, 5) is 4.19. The lowest BCUT2D eigenvalue weighted by Gasteiger charge is -2.11. The number of aryl methyl sites for hydroxylation is 1. The average molecular weight is 250 g/mol. The van der Waals surface area contributed by atoms with Crippen LogP contribution in [0.3, 0.4) is 0 Å². The first-order chi connectivity index (χ1) is 8.18. The van der Waals surface area contributed by atoms with Gasteiger partial charge in [-0.05, 0) is 31.5 Å². The third kappa shape index (κ3) is 2.80. The molecule has 0 saturated heterocycles. The third-order valence-electron chi connectivity index (χ3n) is 2.86. The molecule has 0 radical (unpaired) electrons. The van der Waals surface area contributed by atoms with Crippen LogP contribution in [0.5, 0.6) is 0 Å². The highest BCUT2D eigenvalue weighted by molar-refractivity contribution is 6.31. The first kappa shape index (κ1) is 12.0. The van der Waals surface area contributed by atoms with Gasteiger partial charge in [0.1, 0.15) is 5.82 Å². The van der Waals surface area contributed by atoms with Gasteiger partial charge in [-0.1, -0.05) is 17.7 Å². The quantitative estimate of drug-likeness (QED) is 0.901. The number of rotatable bonds is 4. The molecule has 1 aromatic carbocycles. The lowest BCUT2D eigenvalue weighted by Crippen LogP contribution is -2.11. The van der Waals surface area contributed by atoms with Crippen molar-refractivity contribution < 1.29 is 0 Å². The molecule has 3 nitrogen and oxygen atoms in total. The van der Waals surface area contributed by atoms with Crippen molar-refractivity contribution >= 4 is 17.3 Å². The van der Waals surface area contributed by atoms with Crippen molar-refractivity contribution in [2.24, 2.45) is 0 Å². The highest BCUT2D eigenvalue weighted by Gasteiger charge is 2.01. The number of anilines is 1. The Balaban J connectivity index is 1.95. The molecule has 0 fully saturated rings. The fraction of sp³-hybridized carbons (Fsp3) is 0.308. The Bertz CT molecular complexity index is 505. The number of halogens is 1. The van der Waals surface area contributed by atoms with Gasteiger partial charge >= 0.3 is 0 Å². The summed E-state index contributed by atoms with van der Waals surface area (Å²) in [5, 5.41) is 4.19. The summed E-state index contributed by atoms with van der Waals surface area (Å²) in [6.45, 7) is 5.79. The Morgan fingerprint density at radius 3 is 2.88 bits per heavy atom. The van der Waals surface area contributed by atoms with Crippen LogP contribution in [0.25, 0.3) is 0 Å². The minimum absolute atomic E-state index is 0.800. The van der Waals surface area contributed by atoms with Crippen molar-refractivity contribution in [1.29, 1.82) is 0 Å². The number of benzene rings is 1. The molecule has 1 heterocycles. The Hall–Kier alpha value is -1.48. The van der Waals surface area contributed by atoms with Gasteiger partial charge in [0.05, 0.1) is 0 Å². The van der Waals surface area contributed by atoms with E-state index in [0.717, 1.165) is 35.2 Å². The van der Waals surface area contributed by atoms with Gasteiger partial charge in [0.25, 0.3) is 0 Å². The number of aromatic nitrogens is 2. The second-order valence-electron chi connectivity index (χ2n) is 4.01. The van der Waals surface area contributed by atoms with Crippen LogP contribution in [-0.4, -0.2) is 16.1 Å². The normalized spacial score (nSPS) is 10.5. The molecule has 1 aromatic heterocycles. The van der Waals surface area contributed by atoms with Gasteiger partial charge in [0, 0.05) is 36.2 Å². The van der Waals surface area contributed by atoms with Crippen LogP contribution in [-0.2, 0) is 6.54 Å². The number of hydrogen-bond donors (Lipinski definition) is 1. The van der Waals surface area contributed by atoms with Crippen LogP contribution < -0.4 is 5.32 Å². The van der Waals surface area contributed by atoms with Gasteiger partial charge in [0.2, 0.25) is 0 Å². The van der Waals surface area contributed by atoms with Crippen LogP contribution in [0.2, 0.25) is 5.02 Å². The second kappa shape index (κ2) is 5.23. The summed E-state index contributed by atoms with van der Waals surface area (Å²) in [6, 6.07) is 5.91. The van der Waals surface area contributed by atoms with Crippen LogP contribution in [0.15, 0.2) is 30.6 Å². The molecule has 2 aromatic rings. The van der Waals surface area contributed by atoms with E-state index in [1.54, 1.807) is 0 Å². The van der Waals surface area contributed by atoms with Crippen molar-refractivity contribution in [3.05, 3.63) is 47.0 Å². The van der Waals surface area contributed by atoms with Crippen LogP contribution in [0.4, 0.5) is 5.69 Å². The fourth-order valence-corrected chi connectivity index (χ4v) is 1.92. The zero-order chi connectivity index (χ0) is 12.3. The van der Waals surface area contributed by atoms with Gasteiger partial charge in [0.15, 0.2) is 0 Å². The van der Waals surface area contributed by atoms with Crippen LogP contribution in [0, 0.1) is 13.8 Å². The molecule has 0 aliphatic heterocycles. The van der Waals surface area contributed by atoms with Crippen molar-refractivity contribution in [2.75, 3.05) is 11.9 Å². The van der Waals surface area contributed by atoms with Gasteiger partial charge < -0.3 is 9.88 Å². The van der Waals surface area contributed by atoms with E-state index < -0.39 is 0 Å². The molecule has 0 aliphatic carbocycles. The molecule has 0 bridgehead atoms. The molecule has 0 aliphatic rings. The van der Waals surface area contributed by atoms with E-state index in [1.807, 2.05) is 44.4 Å². The number of imidazole rings is 1. The smallest absolute Gasteiger partial charge is 0.105 e. The lowest BCUT2D eigenvalue weighted by molar-refractivity contribution is 0.701. The molecule has 4 heteroatoms. The van der Waals surface area contributed by atoms with Crippen molar-refractivity contribution in [3.8, 4) is 0 Å². The predicted octanol–water partition coefficient (Wildman–Crippen LogP) is 3.27. The average Bonchev–Trinajstić information content (AvgIpc) is 2.71. The minimum Gasteiger partial charge on any atom is -0.383 e. The summed E-state index contributed by atoms with van der Waals surface area (Å²) in [5.41, 5.74) is 2.19. The maximum absolute atomic E-state index is 6.06. The van der Waals surface area contributed by atoms with E-state index in [-0.39, 0.29) is 0 Å². The zero-order valence-electron chi connectivity index (χ0n) is 10.1. The molecule has 90 valence electrons. The summed E-state index contributed by atoms with van der Waals surface area (Å²) in [5.74, 6) is 1.04. The Morgan fingerprint density at radius 1 is 1.35 bits per heavy atom. The number of nitrogens with one attached hydrogen (secondary N) is 1. The molecule has 2 rings (SSSR count). The van der Waals surface area contributed by atoms with Crippen LogP contribution in [0.1, 0.15) is 11.4 Å². The minimum atomic E-state index is 0.800. The standard InChI is InChI=1S/C13H16ClN3/c1-10-12(14)4-3-5-13(10)16-7-9-17-8-6-15-11(17)2/h3-6,8,16H,7,9H2,1-2H3. The second-order valence-corrected chi connectivity index (χ2v) is 4.41. The Labute approximate surface area is 106 Å². The van der Waals surface area contributed by atoms with E-state index in [2.05, 4.69) is 14.9 Å². The van der Waals surface area contributed by atoms with Gasteiger partial charge in [-0.2, -0.15) is 0 Å². The lowest BCUT2D eigenvalue weighted by atomic mass is 10.2. The Kier molecular flexibility index (Phi) is 3.69. The summed E-state index contributed by atoms with van der Waals surface area (Å²) < 4.78 is 2.12. The molecular formula is C13H16ClN3. The van der Waals surface area contributed by atoms with Crippen molar-refractivity contribution in [1.82, 2.24) is 9.55 Å². The molecule has 17 heavy (non-hydrogen) atoms. The molecule has 1 N–H and O–H groups in total. The summed E-state index contributed by atoms with van der Waals surface area (Å²) in [7, 11) is 0. The van der Waals surface area contributed by atoms with E-state index in [1.165, 1.54) is 0 Å². The van der Waals surface area contributed by atoms with Gasteiger partial charge in [-0.15, -0.1) is 0 Å². The van der Waals surface area contributed by atoms with E-state index in [0.29, 0.717) is 0 Å². The number of hydrogen-bond acceptors (Lipinski definition) is 2. The van der Waals surface area contributed by atoms with Gasteiger partial charge in [-0.25, -0.2) is 4.98 Å². The summed E-state index contributed by atoms with van der Waals surface area (Å²) >= 11 is 6.06. The van der Waals surface area contributed by atoms with E-state index in [4.69, 9.17) is 11.6 Å². The first-order valence-electron chi connectivity index (χ1n) is 5.65. The Morgan fingerprint density at radius 2 is 2.18 bits per heavy atom. The third-order valence-corrected chi connectivity index (χ3v) is 3.27.